The number of amides is 1. The summed E-state index contributed by atoms with van der Waals surface area (Å²) in [6, 6.07) is 0. The second-order valence-corrected chi connectivity index (χ2v) is 4.72. The summed E-state index contributed by atoms with van der Waals surface area (Å²) in [5, 5.41) is 2.80. The molecule has 2 heterocycles. The van der Waals surface area contributed by atoms with Crippen LogP contribution in [0.1, 0.15) is 29.8 Å². The van der Waals surface area contributed by atoms with Crippen molar-refractivity contribution in [1.29, 1.82) is 0 Å². The fraction of sp³-hybridized carbons (Fsp3) is 0.615. The van der Waals surface area contributed by atoms with Crippen LogP contribution >= 0.6 is 0 Å². The number of hydrogen-bond donors (Lipinski definition) is 1. The Hall–Kier alpha value is -1.49. The Kier molecular flexibility index (Phi) is 3.91. The van der Waals surface area contributed by atoms with E-state index in [9.17, 15) is 4.79 Å². The molecule has 1 aliphatic heterocycles. The van der Waals surface area contributed by atoms with E-state index in [2.05, 4.69) is 15.3 Å². The van der Waals surface area contributed by atoms with E-state index in [-0.39, 0.29) is 11.8 Å². The lowest BCUT2D eigenvalue weighted by molar-refractivity contribution is -0.122. The fourth-order valence-electron chi connectivity index (χ4n) is 2.00. The van der Waals surface area contributed by atoms with E-state index in [0.717, 1.165) is 29.8 Å². The molecule has 1 aromatic rings. The number of hydrogen-bond acceptors (Lipinski definition) is 4. The Morgan fingerprint density at radius 2 is 1.72 bits per heavy atom. The normalized spacial score (nSPS) is 16.6. The molecule has 18 heavy (non-hydrogen) atoms. The van der Waals surface area contributed by atoms with Crippen LogP contribution in [-0.4, -0.2) is 29.1 Å². The van der Waals surface area contributed by atoms with Gasteiger partial charge in [-0.25, -0.2) is 9.97 Å². The van der Waals surface area contributed by atoms with Crippen molar-refractivity contribution in [1.82, 2.24) is 9.97 Å². The maximum atomic E-state index is 12.0. The van der Waals surface area contributed by atoms with Crippen molar-refractivity contribution in [2.75, 3.05) is 18.5 Å². The molecule has 1 aliphatic rings. The molecule has 0 bridgehead atoms. The molecule has 0 spiro atoms. The van der Waals surface area contributed by atoms with Gasteiger partial charge in [-0.05, 0) is 39.2 Å². The molecule has 1 fully saturated rings. The predicted molar refractivity (Wildman–Crippen MR) is 68.4 cm³/mol. The summed E-state index contributed by atoms with van der Waals surface area (Å²) in [5.41, 5.74) is 2.88. The van der Waals surface area contributed by atoms with Gasteiger partial charge in [-0.15, -0.1) is 0 Å². The third kappa shape index (κ3) is 2.85. The number of ether oxygens (including phenoxy) is 1. The molecule has 0 aliphatic carbocycles. The molecule has 1 N–H and O–H groups in total. The summed E-state index contributed by atoms with van der Waals surface area (Å²) in [6.07, 6.45) is 1.55. The highest BCUT2D eigenvalue weighted by Gasteiger charge is 2.22. The number of nitrogens with one attached hydrogen (secondary N) is 1. The van der Waals surface area contributed by atoms with Crippen LogP contribution in [0.25, 0.3) is 0 Å². The van der Waals surface area contributed by atoms with Crippen molar-refractivity contribution < 1.29 is 9.53 Å². The Morgan fingerprint density at radius 1 is 1.17 bits per heavy atom. The third-order valence-electron chi connectivity index (χ3n) is 3.46. The van der Waals surface area contributed by atoms with Crippen molar-refractivity contribution in [2.45, 2.75) is 33.6 Å². The quantitative estimate of drug-likeness (QED) is 0.867. The zero-order valence-electron chi connectivity index (χ0n) is 11.1. The lowest BCUT2D eigenvalue weighted by Crippen LogP contribution is -2.29. The first-order valence-electron chi connectivity index (χ1n) is 6.28. The van der Waals surface area contributed by atoms with E-state index in [0.29, 0.717) is 19.2 Å². The van der Waals surface area contributed by atoms with E-state index in [1.807, 2.05) is 20.8 Å². The fourth-order valence-corrected chi connectivity index (χ4v) is 2.00. The monoisotopic (exact) mass is 249 g/mol. The van der Waals surface area contributed by atoms with Crippen LogP contribution in [0.4, 0.5) is 5.95 Å². The number of aryl methyl sites for hydroxylation is 2. The van der Waals surface area contributed by atoms with Crippen LogP contribution in [0.2, 0.25) is 0 Å². The van der Waals surface area contributed by atoms with Crippen LogP contribution in [0.3, 0.4) is 0 Å². The van der Waals surface area contributed by atoms with E-state index in [1.54, 1.807) is 0 Å². The van der Waals surface area contributed by atoms with Crippen LogP contribution in [0.15, 0.2) is 0 Å². The van der Waals surface area contributed by atoms with Gasteiger partial charge in [0.2, 0.25) is 11.9 Å². The molecule has 98 valence electrons. The number of anilines is 1. The van der Waals surface area contributed by atoms with Gasteiger partial charge in [0.15, 0.2) is 0 Å². The van der Waals surface area contributed by atoms with Gasteiger partial charge < -0.3 is 4.74 Å². The Morgan fingerprint density at radius 3 is 2.28 bits per heavy atom. The number of rotatable bonds is 2. The van der Waals surface area contributed by atoms with Gasteiger partial charge in [0.25, 0.3) is 0 Å². The smallest absolute Gasteiger partial charge is 0.230 e. The van der Waals surface area contributed by atoms with Crippen molar-refractivity contribution in [3.8, 4) is 0 Å². The summed E-state index contributed by atoms with van der Waals surface area (Å²) in [6.45, 7) is 7.15. The van der Waals surface area contributed by atoms with Gasteiger partial charge in [0.1, 0.15) is 0 Å². The third-order valence-corrected chi connectivity index (χ3v) is 3.46. The Bertz CT molecular complexity index is 431. The van der Waals surface area contributed by atoms with E-state index < -0.39 is 0 Å². The lowest BCUT2D eigenvalue weighted by Gasteiger charge is -2.20. The molecule has 1 saturated heterocycles. The first-order chi connectivity index (χ1) is 8.58. The first-order valence-corrected chi connectivity index (χ1v) is 6.28. The van der Waals surface area contributed by atoms with Gasteiger partial charge >= 0.3 is 0 Å². The molecule has 1 aromatic heterocycles. The maximum Gasteiger partial charge on any atom is 0.230 e. The van der Waals surface area contributed by atoms with E-state index in [4.69, 9.17) is 4.74 Å². The number of carbonyl (C=O) groups is 1. The van der Waals surface area contributed by atoms with Crippen LogP contribution in [-0.2, 0) is 9.53 Å². The maximum absolute atomic E-state index is 12.0. The zero-order valence-corrected chi connectivity index (χ0v) is 11.1. The molecule has 0 aromatic carbocycles. The van der Waals surface area contributed by atoms with E-state index >= 15 is 0 Å². The molecule has 0 radical (unpaired) electrons. The summed E-state index contributed by atoms with van der Waals surface area (Å²) >= 11 is 0. The second-order valence-electron chi connectivity index (χ2n) is 4.72. The van der Waals surface area contributed by atoms with Crippen molar-refractivity contribution in [3.63, 3.8) is 0 Å². The molecular weight excluding hydrogens is 230 g/mol. The average Bonchev–Trinajstić information content (AvgIpc) is 2.37. The zero-order chi connectivity index (χ0) is 13.1. The van der Waals surface area contributed by atoms with Crippen molar-refractivity contribution in [2.24, 2.45) is 5.92 Å². The predicted octanol–water partition coefficient (Wildman–Crippen LogP) is 1.77. The number of nitrogens with zero attached hydrogens (tertiary/aromatic N) is 2. The molecule has 1 amide bonds. The Balaban J connectivity index is 2.06. The molecule has 0 saturated carbocycles. The minimum Gasteiger partial charge on any atom is -0.381 e. The van der Waals surface area contributed by atoms with Crippen LogP contribution in [0, 0.1) is 26.7 Å². The average molecular weight is 249 g/mol. The highest BCUT2D eigenvalue weighted by molar-refractivity contribution is 5.91. The highest BCUT2D eigenvalue weighted by atomic mass is 16.5. The highest BCUT2D eigenvalue weighted by Crippen LogP contribution is 2.17. The van der Waals surface area contributed by atoms with Crippen molar-refractivity contribution in [3.05, 3.63) is 17.0 Å². The SMILES string of the molecule is Cc1nc(NC(=O)C2CCOCC2)nc(C)c1C. The minimum absolute atomic E-state index is 0.000882. The standard InChI is InChI=1S/C13H19N3O2/c1-8-9(2)14-13(15-10(8)3)16-12(17)11-4-6-18-7-5-11/h11H,4-7H2,1-3H3,(H,14,15,16,17). The molecule has 2 rings (SSSR count). The number of aromatic nitrogens is 2. The molecule has 5 nitrogen and oxygen atoms in total. The summed E-state index contributed by atoms with van der Waals surface area (Å²) < 4.78 is 5.24. The van der Waals surface area contributed by atoms with Gasteiger partial charge in [0.05, 0.1) is 0 Å². The Labute approximate surface area is 107 Å². The topological polar surface area (TPSA) is 64.1 Å². The van der Waals surface area contributed by atoms with Gasteiger partial charge in [0, 0.05) is 30.5 Å². The second kappa shape index (κ2) is 5.44. The van der Waals surface area contributed by atoms with Gasteiger partial charge in [-0.3, -0.25) is 10.1 Å². The van der Waals surface area contributed by atoms with Crippen molar-refractivity contribution >= 4 is 11.9 Å². The molecule has 5 heteroatoms. The lowest BCUT2D eigenvalue weighted by atomic mass is 10.00. The van der Waals surface area contributed by atoms with Gasteiger partial charge in [-0.1, -0.05) is 0 Å². The summed E-state index contributed by atoms with van der Waals surface area (Å²) in [5.74, 6) is 0.428. The van der Waals surface area contributed by atoms with E-state index in [1.165, 1.54) is 0 Å². The molecule has 0 atom stereocenters. The molecular formula is C13H19N3O2. The largest absolute Gasteiger partial charge is 0.381 e. The first kappa shape index (κ1) is 13.0. The summed E-state index contributed by atoms with van der Waals surface area (Å²) in [7, 11) is 0. The number of carbonyl (C=O) groups excluding carboxylic acids is 1. The van der Waals surface area contributed by atoms with Crippen LogP contribution < -0.4 is 5.32 Å². The van der Waals surface area contributed by atoms with Crippen LogP contribution in [0.5, 0.6) is 0 Å². The summed E-state index contributed by atoms with van der Waals surface area (Å²) in [4.78, 5) is 20.6. The minimum atomic E-state index is 0.000882. The molecule has 0 unspecified atom stereocenters. The van der Waals surface area contributed by atoms with Gasteiger partial charge in [-0.2, -0.15) is 0 Å².